The van der Waals surface area contributed by atoms with Crippen LogP contribution in [-0.4, -0.2) is 16.4 Å². The molecular formula is C21H22BrClN2. The molecule has 0 unspecified atom stereocenters. The normalized spacial score (nSPS) is 14.0. The molecule has 3 rings (SSSR count). The first-order valence-corrected chi connectivity index (χ1v) is 9.54. The molecule has 0 spiro atoms. The smallest absolute Gasteiger partial charge is 0.0682 e. The molecule has 0 fully saturated rings. The third kappa shape index (κ3) is 4.05. The molecule has 0 bridgehead atoms. The van der Waals surface area contributed by atoms with E-state index in [0.717, 1.165) is 39.1 Å². The molecule has 0 aliphatic carbocycles. The standard InChI is InChI=1S/C19H16BrClN2.C2H6/c1-3-23-13(2)17(20)11-16(14-7-5-4-6-8-14)19(23)15-9-10-22-12-18(15)21;1-2/h4-12H,2-3H2,1H3;1-2H3. The van der Waals surface area contributed by atoms with Crippen molar-refractivity contribution in [3.05, 3.63) is 87.8 Å². The lowest BCUT2D eigenvalue weighted by Gasteiger charge is -2.34. The Labute approximate surface area is 163 Å². The Hall–Kier alpha value is -1.84. The minimum Gasteiger partial charge on any atom is -0.340 e. The second kappa shape index (κ2) is 9.02. The summed E-state index contributed by atoms with van der Waals surface area (Å²) in [6, 6.07) is 12.2. The lowest BCUT2D eigenvalue weighted by molar-refractivity contribution is 0.530. The summed E-state index contributed by atoms with van der Waals surface area (Å²) >= 11 is 10.1. The lowest BCUT2D eigenvalue weighted by atomic mass is 9.95. The number of nitrogens with zero attached hydrogens (tertiary/aromatic N) is 2. The average molecular weight is 418 g/mol. The van der Waals surface area contributed by atoms with Gasteiger partial charge in [-0.25, -0.2) is 0 Å². The highest BCUT2D eigenvalue weighted by Gasteiger charge is 2.25. The molecule has 0 N–H and O–H groups in total. The van der Waals surface area contributed by atoms with Gasteiger partial charge in [-0.15, -0.1) is 0 Å². The second-order valence-electron chi connectivity index (χ2n) is 5.17. The fourth-order valence-corrected chi connectivity index (χ4v) is 3.38. The van der Waals surface area contributed by atoms with Gasteiger partial charge >= 0.3 is 0 Å². The Morgan fingerprint density at radius 3 is 2.44 bits per heavy atom. The van der Waals surface area contributed by atoms with Crippen molar-refractivity contribution in [2.24, 2.45) is 0 Å². The van der Waals surface area contributed by atoms with Crippen LogP contribution in [0.15, 0.2) is 71.6 Å². The minimum absolute atomic E-state index is 0.633. The topological polar surface area (TPSA) is 16.1 Å². The fraction of sp³-hybridized carbons (Fsp3) is 0.190. The van der Waals surface area contributed by atoms with Crippen molar-refractivity contribution in [2.45, 2.75) is 20.8 Å². The molecule has 2 aromatic rings. The quantitative estimate of drug-likeness (QED) is 0.548. The van der Waals surface area contributed by atoms with E-state index in [4.69, 9.17) is 11.6 Å². The van der Waals surface area contributed by atoms with Crippen LogP contribution in [-0.2, 0) is 0 Å². The molecule has 130 valence electrons. The fourth-order valence-electron chi connectivity index (χ4n) is 2.73. The van der Waals surface area contributed by atoms with Gasteiger partial charge in [0.15, 0.2) is 0 Å². The largest absolute Gasteiger partial charge is 0.340 e. The number of pyridine rings is 1. The van der Waals surface area contributed by atoms with Gasteiger partial charge in [0.2, 0.25) is 0 Å². The van der Waals surface area contributed by atoms with E-state index in [1.807, 2.05) is 38.1 Å². The van der Waals surface area contributed by atoms with E-state index in [-0.39, 0.29) is 0 Å². The summed E-state index contributed by atoms with van der Waals surface area (Å²) in [5, 5.41) is 0.633. The van der Waals surface area contributed by atoms with Gasteiger partial charge in [-0.2, -0.15) is 0 Å². The Bertz CT molecular complexity index is 810. The number of allylic oxidation sites excluding steroid dienone is 3. The number of likely N-dealkylation sites (N-methyl/N-ethyl adjacent to an activating group) is 1. The summed E-state index contributed by atoms with van der Waals surface area (Å²) in [6.07, 6.45) is 5.55. The van der Waals surface area contributed by atoms with Gasteiger partial charge in [-0.05, 0) is 40.6 Å². The van der Waals surface area contributed by atoms with Crippen molar-refractivity contribution in [1.82, 2.24) is 9.88 Å². The van der Waals surface area contributed by atoms with Crippen LogP contribution in [0, 0.1) is 0 Å². The SMILES string of the molecule is C=C1C(Br)=CC(c2ccccc2)=C(c2ccncc2Cl)N1CC.CC. The number of halogens is 2. The average Bonchev–Trinajstić information content (AvgIpc) is 2.66. The van der Waals surface area contributed by atoms with Crippen LogP contribution in [0.5, 0.6) is 0 Å². The molecular weight excluding hydrogens is 396 g/mol. The van der Waals surface area contributed by atoms with E-state index in [1.165, 1.54) is 0 Å². The van der Waals surface area contributed by atoms with E-state index in [2.05, 4.69) is 57.5 Å². The van der Waals surface area contributed by atoms with Gasteiger partial charge < -0.3 is 4.90 Å². The monoisotopic (exact) mass is 416 g/mol. The van der Waals surface area contributed by atoms with E-state index in [9.17, 15) is 0 Å². The van der Waals surface area contributed by atoms with E-state index in [1.54, 1.807) is 12.4 Å². The van der Waals surface area contributed by atoms with E-state index >= 15 is 0 Å². The van der Waals surface area contributed by atoms with Gasteiger partial charge in [0, 0.05) is 40.3 Å². The summed E-state index contributed by atoms with van der Waals surface area (Å²) in [6.45, 7) is 11.1. The van der Waals surface area contributed by atoms with Crippen LogP contribution < -0.4 is 0 Å². The maximum absolute atomic E-state index is 6.43. The molecule has 1 aromatic heterocycles. The molecule has 0 amide bonds. The number of rotatable bonds is 3. The predicted molar refractivity (Wildman–Crippen MR) is 112 cm³/mol. The first-order chi connectivity index (χ1) is 12.1. The second-order valence-corrected chi connectivity index (χ2v) is 6.43. The Kier molecular flexibility index (Phi) is 7.03. The predicted octanol–water partition coefficient (Wildman–Crippen LogP) is 6.76. The molecule has 1 aromatic carbocycles. The van der Waals surface area contributed by atoms with Crippen LogP contribution in [0.4, 0.5) is 0 Å². The molecule has 2 nitrogen and oxygen atoms in total. The van der Waals surface area contributed by atoms with E-state index in [0.29, 0.717) is 5.02 Å². The highest BCUT2D eigenvalue weighted by Crippen LogP contribution is 2.42. The summed E-state index contributed by atoms with van der Waals surface area (Å²) < 4.78 is 0.979. The third-order valence-electron chi connectivity index (χ3n) is 3.83. The van der Waals surface area contributed by atoms with Gasteiger partial charge in [0.25, 0.3) is 0 Å². The number of benzene rings is 1. The zero-order valence-electron chi connectivity index (χ0n) is 14.8. The van der Waals surface area contributed by atoms with E-state index < -0.39 is 0 Å². The van der Waals surface area contributed by atoms with Crippen molar-refractivity contribution in [3.63, 3.8) is 0 Å². The number of hydrogen-bond donors (Lipinski definition) is 0. The summed E-state index contributed by atoms with van der Waals surface area (Å²) in [4.78, 5) is 6.28. The lowest BCUT2D eigenvalue weighted by Crippen LogP contribution is -2.24. The van der Waals surface area contributed by atoms with Gasteiger partial charge in [0.1, 0.15) is 0 Å². The molecule has 1 aliphatic rings. The minimum atomic E-state index is 0.633. The van der Waals surface area contributed by atoms with Crippen LogP contribution in [0.1, 0.15) is 31.9 Å². The third-order valence-corrected chi connectivity index (χ3v) is 4.81. The van der Waals surface area contributed by atoms with Crippen LogP contribution in [0.2, 0.25) is 5.02 Å². The molecule has 1 aliphatic heterocycles. The first-order valence-electron chi connectivity index (χ1n) is 8.37. The van der Waals surface area contributed by atoms with Crippen molar-refractivity contribution in [3.8, 4) is 0 Å². The zero-order valence-corrected chi connectivity index (χ0v) is 17.1. The molecule has 0 saturated carbocycles. The molecule has 0 atom stereocenters. The Morgan fingerprint density at radius 2 is 1.84 bits per heavy atom. The zero-order chi connectivity index (χ0) is 18.4. The highest BCUT2D eigenvalue weighted by molar-refractivity contribution is 9.12. The van der Waals surface area contributed by atoms with Crippen LogP contribution >= 0.6 is 27.5 Å². The maximum Gasteiger partial charge on any atom is 0.0682 e. The molecule has 2 heterocycles. The molecule has 4 heteroatoms. The van der Waals surface area contributed by atoms with Crippen molar-refractivity contribution in [2.75, 3.05) is 6.54 Å². The molecule has 0 saturated heterocycles. The Balaban J connectivity index is 0.00000109. The van der Waals surface area contributed by atoms with Gasteiger partial charge in [-0.1, -0.05) is 62.4 Å². The maximum atomic E-state index is 6.43. The Morgan fingerprint density at radius 1 is 1.16 bits per heavy atom. The van der Waals surface area contributed by atoms with Gasteiger partial charge in [-0.3, -0.25) is 4.98 Å². The van der Waals surface area contributed by atoms with Crippen molar-refractivity contribution < 1.29 is 0 Å². The molecule has 25 heavy (non-hydrogen) atoms. The van der Waals surface area contributed by atoms with Crippen molar-refractivity contribution in [1.29, 1.82) is 0 Å². The summed E-state index contributed by atoms with van der Waals surface area (Å²) in [7, 11) is 0. The van der Waals surface area contributed by atoms with Crippen molar-refractivity contribution >= 4 is 38.8 Å². The summed E-state index contributed by atoms with van der Waals surface area (Å²) in [5.74, 6) is 0. The van der Waals surface area contributed by atoms with Crippen LogP contribution in [0.3, 0.4) is 0 Å². The highest BCUT2D eigenvalue weighted by atomic mass is 79.9. The van der Waals surface area contributed by atoms with Gasteiger partial charge in [0.05, 0.1) is 10.7 Å². The number of hydrogen-bond acceptors (Lipinski definition) is 2. The summed E-state index contributed by atoms with van der Waals surface area (Å²) in [5.41, 5.74) is 5.19. The van der Waals surface area contributed by atoms with Crippen LogP contribution in [0.25, 0.3) is 11.3 Å². The molecule has 0 radical (unpaired) electrons. The first kappa shape index (κ1) is 19.5. The number of aromatic nitrogens is 1.